The van der Waals surface area contributed by atoms with Crippen LogP contribution in [0.4, 0.5) is 11.5 Å². The van der Waals surface area contributed by atoms with E-state index in [0.29, 0.717) is 38.4 Å². The summed E-state index contributed by atoms with van der Waals surface area (Å²) in [6.45, 7) is 9.39. The number of hydrogen-bond acceptors (Lipinski definition) is 5. The first-order chi connectivity index (χ1) is 17.5. The molecule has 0 aliphatic carbocycles. The Morgan fingerprint density at radius 1 is 0.889 bits per heavy atom. The van der Waals surface area contributed by atoms with E-state index < -0.39 is 0 Å². The van der Waals surface area contributed by atoms with Crippen molar-refractivity contribution in [2.45, 2.75) is 33.7 Å². The normalized spacial score (nSPS) is 15.0. The predicted octanol–water partition coefficient (Wildman–Crippen LogP) is 4.23. The van der Waals surface area contributed by atoms with E-state index in [2.05, 4.69) is 22.5 Å². The van der Waals surface area contributed by atoms with Crippen molar-refractivity contribution in [2.24, 2.45) is 7.05 Å². The van der Waals surface area contributed by atoms with Crippen molar-refractivity contribution in [3.05, 3.63) is 65.4 Å². The molecule has 190 valence electrons. The molecule has 2 aromatic carbocycles. The zero-order valence-corrected chi connectivity index (χ0v) is 21.6. The number of carbonyl (C=O) groups is 2. The monoisotopic (exact) mass is 489 g/mol. The van der Waals surface area contributed by atoms with Crippen LogP contribution in [0.25, 0.3) is 11.1 Å². The fourth-order valence-electron chi connectivity index (χ4n) is 4.60. The molecule has 1 aromatic heterocycles. The molecule has 0 bridgehead atoms. The Hall–Kier alpha value is -3.65. The molecule has 36 heavy (non-hydrogen) atoms. The van der Waals surface area contributed by atoms with Gasteiger partial charge in [0.05, 0.1) is 19.8 Å². The van der Waals surface area contributed by atoms with Crippen molar-refractivity contribution in [2.75, 3.05) is 38.2 Å². The number of hydrogen-bond donors (Lipinski definition) is 1. The highest BCUT2D eigenvalue weighted by Crippen LogP contribution is 2.29. The first kappa shape index (κ1) is 25.4. The van der Waals surface area contributed by atoms with Gasteiger partial charge in [0.2, 0.25) is 5.91 Å². The smallest absolute Gasteiger partial charge is 0.254 e. The third kappa shape index (κ3) is 5.44. The number of aromatic nitrogens is 2. The molecule has 1 saturated heterocycles. The molecule has 2 amide bonds. The number of aryl methyl sites for hydroxylation is 1. The van der Waals surface area contributed by atoms with E-state index in [0.717, 1.165) is 41.2 Å². The van der Waals surface area contributed by atoms with Crippen LogP contribution in [-0.4, -0.2) is 64.2 Å². The summed E-state index contributed by atoms with van der Waals surface area (Å²) >= 11 is 0. The molecule has 3 heterocycles. The van der Waals surface area contributed by atoms with Crippen molar-refractivity contribution < 1.29 is 14.3 Å². The maximum absolute atomic E-state index is 12.7. The third-order valence-electron chi connectivity index (χ3n) is 6.60. The minimum Gasteiger partial charge on any atom is -0.378 e. The zero-order chi connectivity index (χ0) is 25.7. The van der Waals surface area contributed by atoms with E-state index >= 15 is 0 Å². The maximum atomic E-state index is 12.7. The van der Waals surface area contributed by atoms with Gasteiger partial charge in [0.25, 0.3) is 5.91 Å². The molecule has 1 N–H and O–H groups in total. The molecule has 3 aromatic rings. The Kier molecular flexibility index (Phi) is 8.05. The molecule has 8 nitrogen and oxygen atoms in total. The molecule has 2 aliphatic rings. The number of carbonyl (C=O) groups excluding carboxylic acids is 2. The second-order valence-electron chi connectivity index (χ2n) is 8.77. The van der Waals surface area contributed by atoms with Gasteiger partial charge in [-0.3, -0.25) is 14.3 Å². The predicted molar refractivity (Wildman–Crippen MR) is 141 cm³/mol. The van der Waals surface area contributed by atoms with Crippen LogP contribution >= 0.6 is 0 Å². The molecule has 0 radical (unpaired) electrons. The van der Waals surface area contributed by atoms with E-state index in [9.17, 15) is 9.59 Å². The van der Waals surface area contributed by atoms with Gasteiger partial charge in [0.1, 0.15) is 0 Å². The highest BCUT2D eigenvalue weighted by atomic mass is 16.5. The first-order valence-electron chi connectivity index (χ1n) is 12.6. The van der Waals surface area contributed by atoms with Gasteiger partial charge >= 0.3 is 0 Å². The quantitative estimate of drug-likeness (QED) is 0.593. The lowest BCUT2D eigenvalue weighted by Gasteiger charge is -2.26. The summed E-state index contributed by atoms with van der Waals surface area (Å²) in [6.07, 6.45) is 0.809. The van der Waals surface area contributed by atoms with E-state index in [-0.39, 0.29) is 11.8 Å². The standard InChI is InChI=1S/C26H29N5O3.C2H6/c1-18(32)31-12-11-24-23(17-31)25(28-29(24)2)27-22-9-7-20(8-10-22)19-3-5-21(6-4-19)26(33)30-13-15-34-16-14-30;1-2/h3-10H,11-17H2,1-2H3,(H,27,28);1-2H3. The van der Waals surface area contributed by atoms with Crippen molar-refractivity contribution in [1.82, 2.24) is 19.6 Å². The second-order valence-corrected chi connectivity index (χ2v) is 8.77. The fourth-order valence-corrected chi connectivity index (χ4v) is 4.60. The van der Waals surface area contributed by atoms with E-state index in [4.69, 9.17) is 4.74 Å². The maximum Gasteiger partial charge on any atom is 0.254 e. The van der Waals surface area contributed by atoms with Gasteiger partial charge in [-0.25, -0.2) is 0 Å². The van der Waals surface area contributed by atoms with Crippen LogP contribution in [0.3, 0.4) is 0 Å². The van der Waals surface area contributed by atoms with Crippen LogP contribution in [0.1, 0.15) is 42.4 Å². The molecular formula is C28H35N5O3. The van der Waals surface area contributed by atoms with Gasteiger partial charge < -0.3 is 19.9 Å². The van der Waals surface area contributed by atoms with Crippen LogP contribution in [-0.2, 0) is 29.5 Å². The van der Waals surface area contributed by atoms with Crippen LogP contribution < -0.4 is 5.32 Å². The van der Waals surface area contributed by atoms with Crippen LogP contribution in [0.2, 0.25) is 0 Å². The molecule has 0 atom stereocenters. The lowest BCUT2D eigenvalue weighted by atomic mass is 10.0. The first-order valence-corrected chi connectivity index (χ1v) is 12.6. The number of anilines is 2. The van der Waals surface area contributed by atoms with Crippen molar-refractivity contribution in [3.63, 3.8) is 0 Å². The van der Waals surface area contributed by atoms with Gasteiger partial charge in [0, 0.05) is 62.5 Å². The van der Waals surface area contributed by atoms with Crippen molar-refractivity contribution in [3.8, 4) is 11.1 Å². The number of benzene rings is 2. The number of nitrogens with one attached hydrogen (secondary N) is 1. The number of ether oxygens (including phenoxy) is 1. The Balaban J connectivity index is 0.00000148. The molecule has 8 heteroatoms. The molecule has 0 unspecified atom stereocenters. The highest BCUT2D eigenvalue weighted by molar-refractivity contribution is 5.94. The van der Waals surface area contributed by atoms with Gasteiger partial charge in [-0.1, -0.05) is 38.1 Å². The molecule has 1 fully saturated rings. The summed E-state index contributed by atoms with van der Waals surface area (Å²) in [6, 6.07) is 15.9. The number of amides is 2. The van der Waals surface area contributed by atoms with Gasteiger partial charge in [-0.05, 0) is 35.4 Å². The summed E-state index contributed by atoms with van der Waals surface area (Å²) in [5.41, 5.74) is 6.00. The number of fused-ring (bicyclic) bond motifs is 1. The summed E-state index contributed by atoms with van der Waals surface area (Å²) in [5.74, 6) is 0.932. The van der Waals surface area contributed by atoms with E-state index in [1.807, 2.05) is 71.8 Å². The number of morpholine rings is 1. The summed E-state index contributed by atoms with van der Waals surface area (Å²) in [7, 11) is 1.95. The Labute approximate surface area is 212 Å². The molecule has 2 aliphatic heterocycles. The molecule has 5 rings (SSSR count). The molecule has 0 spiro atoms. The van der Waals surface area contributed by atoms with Gasteiger partial charge in [-0.15, -0.1) is 0 Å². The lowest BCUT2D eigenvalue weighted by molar-refractivity contribution is -0.129. The van der Waals surface area contributed by atoms with Crippen molar-refractivity contribution >= 4 is 23.3 Å². The summed E-state index contributed by atoms with van der Waals surface area (Å²) < 4.78 is 7.24. The third-order valence-corrected chi connectivity index (χ3v) is 6.60. The molecular weight excluding hydrogens is 454 g/mol. The number of rotatable bonds is 4. The lowest BCUT2D eigenvalue weighted by Crippen LogP contribution is -2.40. The average Bonchev–Trinajstić information content (AvgIpc) is 3.24. The molecule has 0 saturated carbocycles. The number of nitrogens with zero attached hydrogens (tertiary/aromatic N) is 4. The van der Waals surface area contributed by atoms with E-state index in [1.165, 1.54) is 5.69 Å². The average molecular weight is 490 g/mol. The zero-order valence-electron chi connectivity index (χ0n) is 21.6. The van der Waals surface area contributed by atoms with Crippen LogP contribution in [0.15, 0.2) is 48.5 Å². The Morgan fingerprint density at radius 2 is 1.50 bits per heavy atom. The minimum absolute atomic E-state index is 0.0522. The van der Waals surface area contributed by atoms with Gasteiger partial charge in [0.15, 0.2) is 5.82 Å². The highest BCUT2D eigenvalue weighted by Gasteiger charge is 2.25. The summed E-state index contributed by atoms with van der Waals surface area (Å²) in [5, 5.41) is 8.07. The SMILES string of the molecule is CC.CC(=O)N1CCc2c(c(Nc3ccc(-c4ccc(C(=O)N5CCOCC5)cc4)cc3)nn2C)C1. The Morgan fingerprint density at radius 3 is 2.11 bits per heavy atom. The topological polar surface area (TPSA) is 79.7 Å². The van der Waals surface area contributed by atoms with E-state index in [1.54, 1.807) is 6.92 Å². The fraction of sp³-hybridized carbons (Fsp3) is 0.393. The minimum atomic E-state index is 0.0522. The second kappa shape index (κ2) is 11.4. The summed E-state index contributed by atoms with van der Waals surface area (Å²) in [4.78, 5) is 28.2. The Bertz CT molecular complexity index is 1200. The van der Waals surface area contributed by atoms with Crippen molar-refractivity contribution in [1.29, 1.82) is 0 Å². The van der Waals surface area contributed by atoms with Gasteiger partial charge in [-0.2, -0.15) is 5.10 Å². The van der Waals surface area contributed by atoms with Crippen LogP contribution in [0, 0.1) is 0 Å². The van der Waals surface area contributed by atoms with Crippen LogP contribution in [0.5, 0.6) is 0 Å². The largest absolute Gasteiger partial charge is 0.378 e.